The number of aliphatic imine (C=N–C) groups is 1. The minimum Gasteiger partial charge on any atom is -0.379 e. The molecule has 3 rings (SSSR count). The molecule has 3 fully saturated rings. The molecule has 1 unspecified atom stereocenters. The lowest BCUT2D eigenvalue weighted by Crippen LogP contribution is -2.51. The minimum atomic E-state index is 0. The number of hydrogen-bond acceptors (Lipinski definition) is 5. The van der Waals surface area contributed by atoms with Crippen LogP contribution in [0.4, 0.5) is 0 Å². The van der Waals surface area contributed by atoms with Gasteiger partial charge in [-0.25, -0.2) is 0 Å². The van der Waals surface area contributed by atoms with Gasteiger partial charge in [-0.05, 0) is 25.7 Å². The summed E-state index contributed by atoms with van der Waals surface area (Å²) in [6.07, 6.45) is 9.00. The van der Waals surface area contributed by atoms with E-state index in [4.69, 9.17) is 14.2 Å². The predicted molar refractivity (Wildman–Crippen MR) is 127 cm³/mol. The predicted octanol–water partition coefficient (Wildman–Crippen LogP) is 2.25. The van der Waals surface area contributed by atoms with Crippen LogP contribution in [0.25, 0.3) is 0 Å². The van der Waals surface area contributed by atoms with E-state index >= 15 is 0 Å². The zero-order valence-electron chi connectivity index (χ0n) is 18.1. The molecule has 170 valence electrons. The first-order chi connectivity index (χ1) is 13.8. The first kappa shape index (κ1) is 25.1. The Kier molecular flexibility index (Phi) is 12.1. The van der Waals surface area contributed by atoms with Crippen LogP contribution in [0, 0.1) is 5.41 Å². The van der Waals surface area contributed by atoms with Crippen molar-refractivity contribution in [3.63, 3.8) is 0 Å². The quantitative estimate of drug-likeness (QED) is 0.209. The lowest BCUT2D eigenvalue weighted by Gasteiger charge is -2.42. The molecule has 3 aliphatic rings. The topological polar surface area (TPSA) is 67.4 Å². The molecule has 8 heteroatoms. The Balaban J connectivity index is 0.00000300. The highest BCUT2D eigenvalue weighted by Gasteiger charge is 2.34. The van der Waals surface area contributed by atoms with Gasteiger partial charge in [0.15, 0.2) is 5.96 Å². The van der Waals surface area contributed by atoms with Crippen LogP contribution >= 0.6 is 24.0 Å². The summed E-state index contributed by atoms with van der Waals surface area (Å²) in [5.41, 5.74) is 0.360. The molecule has 2 N–H and O–H groups in total. The first-order valence-electron chi connectivity index (χ1n) is 11.2. The number of morpholine rings is 1. The number of nitrogens with zero attached hydrogens (tertiary/aromatic N) is 2. The van der Waals surface area contributed by atoms with Gasteiger partial charge in [0.2, 0.25) is 0 Å². The Morgan fingerprint density at radius 3 is 2.59 bits per heavy atom. The molecule has 1 saturated carbocycles. The van der Waals surface area contributed by atoms with E-state index in [0.29, 0.717) is 11.5 Å². The van der Waals surface area contributed by atoms with E-state index in [2.05, 4.69) is 20.5 Å². The summed E-state index contributed by atoms with van der Waals surface area (Å²) in [4.78, 5) is 7.02. The van der Waals surface area contributed by atoms with Gasteiger partial charge in [0, 0.05) is 58.4 Å². The van der Waals surface area contributed by atoms with Crippen molar-refractivity contribution in [3.05, 3.63) is 0 Å². The van der Waals surface area contributed by atoms with Crippen LogP contribution in [-0.4, -0.2) is 89.8 Å². The van der Waals surface area contributed by atoms with Gasteiger partial charge in [0.1, 0.15) is 0 Å². The first-order valence-corrected chi connectivity index (χ1v) is 11.2. The van der Waals surface area contributed by atoms with Crippen LogP contribution in [0.15, 0.2) is 4.99 Å². The molecule has 2 aliphatic heterocycles. The van der Waals surface area contributed by atoms with Gasteiger partial charge in [-0.2, -0.15) is 0 Å². The Bertz CT molecular complexity index is 463. The molecule has 2 saturated heterocycles. The van der Waals surface area contributed by atoms with E-state index in [-0.39, 0.29) is 24.0 Å². The Morgan fingerprint density at radius 1 is 1.10 bits per heavy atom. The van der Waals surface area contributed by atoms with Crippen molar-refractivity contribution in [2.75, 3.05) is 72.8 Å². The van der Waals surface area contributed by atoms with Crippen molar-refractivity contribution < 1.29 is 14.2 Å². The average molecular weight is 524 g/mol. The number of halogens is 1. The zero-order valence-corrected chi connectivity index (χ0v) is 20.5. The lowest BCUT2D eigenvalue weighted by molar-refractivity contribution is 0.00819. The molecule has 2 heterocycles. The monoisotopic (exact) mass is 524 g/mol. The smallest absolute Gasteiger partial charge is 0.190 e. The summed E-state index contributed by atoms with van der Waals surface area (Å²) < 4.78 is 16.7. The minimum absolute atomic E-state index is 0. The molecule has 0 spiro atoms. The van der Waals surface area contributed by atoms with Crippen LogP contribution in [0.1, 0.15) is 44.9 Å². The molecule has 0 amide bonds. The van der Waals surface area contributed by atoms with E-state index in [1.807, 2.05) is 7.05 Å². The average Bonchev–Trinajstić information content (AvgIpc) is 3.25. The van der Waals surface area contributed by atoms with E-state index < -0.39 is 0 Å². The lowest BCUT2D eigenvalue weighted by atomic mass is 9.73. The molecule has 1 aliphatic carbocycles. The van der Waals surface area contributed by atoms with Crippen molar-refractivity contribution in [2.24, 2.45) is 10.4 Å². The fourth-order valence-electron chi connectivity index (χ4n) is 4.59. The standard InChI is InChI=1S/C21H40N4O3.HI/c1-22-20(23-9-5-12-28-19-6-13-27-16-19)24-17-21(7-3-2-4-8-21)18-25-10-14-26-15-11-25;/h19H,2-18H2,1H3,(H2,22,23,24);1H. The highest BCUT2D eigenvalue weighted by molar-refractivity contribution is 14.0. The summed E-state index contributed by atoms with van der Waals surface area (Å²) in [6, 6.07) is 0. The maximum atomic E-state index is 5.83. The number of hydrogen-bond donors (Lipinski definition) is 2. The van der Waals surface area contributed by atoms with Gasteiger partial charge in [-0.3, -0.25) is 9.89 Å². The summed E-state index contributed by atoms with van der Waals surface area (Å²) in [7, 11) is 1.86. The number of rotatable bonds is 9. The maximum absolute atomic E-state index is 5.83. The highest BCUT2D eigenvalue weighted by atomic mass is 127. The molecule has 29 heavy (non-hydrogen) atoms. The fraction of sp³-hybridized carbons (Fsp3) is 0.952. The van der Waals surface area contributed by atoms with Crippen LogP contribution in [0.5, 0.6) is 0 Å². The van der Waals surface area contributed by atoms with Gasteiger partial charge in [0.05, 0.1) is 25.9 Å². The summed E-state index contributed by atoms with van der Waals surface area (Å²) in [5, 5.41) is 7.07. The molecular formula is C21H41IN4O3. The third-order valence-electron chi connectivity index (χ3n) is 6.29. The van der Waals surface area contributed by atoms with Crippen molar-refractivity contribution >= 4 is 29.9 Å². The maximum Gasteiger partial charge on any atom is 0.190 e. The fourth-order valence-corrected chi connectivity index (χ4v) is 4.59. The summed E-state index contributed by atoms with van der Waals surface area (Å²) in [6.45, 7) is 9.32. The molecular weight excluding hydrogens is 483 g/mol. The number of ether oxygens (including phenoxy) is 3. The molecule has 0 aromatic carbocycles. The van der Waals surface area contributed by atoms with E-state index in [9.17, 15) is 0 Å². The van der Waals surface area contributed by atoms with E-state index in [1.165, 1.54) is 38.6 Å². The van der Waals surface area contributed by atoms with Crippen molar-refractivity contribution in [1.82, 2.24) is 15.5 Å². The van der Waals surface area contributed by atoms with E-state index in [1.54, 1.807) is 0 Å². The van der Waals surface area contributed by atoms with Crippen molar-refractivity contribution in [1.29, 1.82) is 0 Å². The van der Waals surface area contributed by atoms with Gasteiger partial charge >= 0.3 is 0 Å². The molecule has 0 aromatic rings. The van der Waals surface area contributed by atoms with Crippen LogP contribution in [-0.2, 0) is 14.2 Å². The molecule has 7 nitrogen and oxygen atoms in total. The van der Waals surface area contributed by atoms with Crippen molar-refractivity contribution in [2.45, 2.75) is 51.0 Å². The molecule has 1 atom stereocenters. The SMILES string of the molecule is CN=C(NCCCOC1CCOC1)NCC1(CN2CCOCC2)CCCCC1.I. The second-order valence-electron chi connectivity index (χ2n) is 8.51. The second kappa shape index (κ2) is 14.0. The summed E-state index contributed by atoms with van der Waals surface area (Å²) in [5.74, 6) is 0.913. The van der Waals surface area contributed by atoms with Crippen LogP contribution in [0.2, 0.25) is 0 Å². The van der Waals surface area contributed by atoms with Gasteiger partial charge < -0.3 is 24.8 Å². The summed E-state index contributed by atoms with van der Waals surface area (Å²) >= 11 is 0. The Morgan fingerprint density at radius 2 is 1.90 bits per heavy atom. The van der Waals surface area contributed by atoms with Crippen LogP contribution < -0.4 is 10.6 Å². The number of nitrogens with one attached hydrogen (secondary N) is 2. The number of guanidine groups is 1. The highest BCUT2D eigenvalue weighted by Crippen LogP contribution is 2.36. The van der Waals surface area contributed by atoms with Gasteiger partial charge in [-0.15, -0.1) is 24.0 Å². The largest absolute Gasteiger partial charge is 0.379 e. The Hall–Kier alpha value is -0.160. The Labute approximate surface area is 193 Å². The second-order valence-corrected chi connectivity index (χ2v) is 8.51. The van der Waals surface area contributed by atoms with Gasteiger partial charge in [0.25, 0.3) is 0 Å². The third kappa shape index (κ3) is 8.85. The third-order valence-corrected chi connectivity index (χ3v) is 6.29. The van der Waals surface area contributed by atoms with E-state index in [0.717, 1.165) is 78.0 Å². The van der Waals surface area contributed by atoms with Crippen molar-refractivity contribution in [3.8, 4) is 0 Å². The zero-order chi connectivity index (χ0) is 19.5. The molecule has 0 bridgehead atoms. The van der Waals surface area contributed by atoms with Crippen LogP contribution in [0.3, 0.4) is 0 Å². The molecule has 0 aromatic heterocycles. The normalized spacial score (nSPS) is 25.4. The van der Waals surface area contributed by atoms with Gasteiger partial charge in [-0.1, -0.05) is 19.3 Å². The molecule has 0 radical (unpaired) electrons.